The molecule has 3 heterocycles. The van der Waals surface area contributed by atoms with Crippen LogP contribution in [0, 0.1) is 0 Å². The normalized spacial score (nSPS) is 16.5. The lowest BCUT2D eigenvalue weighted by atomic mass is 10.1. The van der Waals surface area contributed by atoms with Gasteiger partial charge >= 0.3 is 0 Å². The van der Waals surface area contributed by atoms with Gasteiger partial charge in [0, 0.05) is 80.0 Å². The number of carbonyl (C=O) groups is 2. The maximum absolute atomic E-state index is 11.5. The van der Waals surface area contributed by atoms with Crippen molar-refractivity contribution >= 4 is 50.6 Å². The summed E-state index contributed by atoms with van der Waals surface area (Å²) < 4.78 is 0. The lowest BCUT2D eigenvalue weighted by Gasteiger charge is -2.38. The summed E-state index contributed by atoms with van der Waals surface area (Å²) in [7, 11) is 0. The Labute approximate surface area is 178 Å². The van der Waals surface area contributed by atoms with Crippen molar-refractivity contribution in [3.63, 3.8) is 0 Å². The van der Waals surface area contributed by atoms with Crippen LogP contribution in [0.3, 0.4) is 0 Å². The van der Waals surface area contributed by atoms with Gasteiger partial charge in [-0.15, -0.1) is 11.3 Å². The molecule has 1 atom stereocenters. The summed E-state index contributed by atoms with van der Waals surface area (Å²) in [6.07, 6.45) is 4.48. The van der Waals surface area contributed by atoms with E-state index >= 15 is 0 Å². The maximum Gasteiger partial charge on any atom is 0.223 e. The van der Waals surface area contributed by atoms with Crippen molar-refractivity contribution in [2.75, 3.05) is 35.2 Å². The number of nitrogens with one attached hydrogen (secondary N) is 3. The highest BCUT2D eigenvalue weighted by atomic mass is 32.1. The molecule has 0 aliphatic carbocycles. The van der Waals surface area contributed by atoms with E-state index < -0.39 is 0 Å². The number of hydrogen-bond acceptors (Lipinski definition) is 7. The van der Waals surface area contributed by atoms with E-state index in [-0.39, 0.29) is 17.9 Å². The van der Waals surface area contributed by atoms with Crippen molar-refractivity contribution in [1.82, 2.24) is 15.3 Å². The number of thiazole rings is 1. The van der Waals surface area contributed by atoms with Gasteiger partial charge in [-0.25, -0.2) is 4.98 Å². The molecule has 0 saturated carbocycles. The average Bonchev–Trinajstić information content (AvgIpc) is 3.13. The van der Waals surface area contributed by atoms with E-state index in [1.54, 1.807) is 0 Å². The molecule has 156 valence electrons. The Hall–Kier alpha value is -3.04. The summed E-state index contributed by atoms with van der Waals surface area (Å²) in [5.74, 6) is -0.213. The quantitative estimate of drug-likeness (QED) is 0.582. The molecule has 30 heavy (non-hydrogen) atoms. The lowest BCUT2D eigenvalue weighted by Crippen LogP contribution is -2.52. The van der Waals surface area contributed by atoms with Crippen LogP contribution >= 0.6 is 11.3 Å². The fraction of sp³-hybridized carbons (Fsp3) is 0.333. The summed E-state index contributed by atoms with van der Waals surface area (Å²) in [5.41, 5.74) is 2.76. The second-order valence-corrected chi connectivity index (χ2v) is 8.43. The van der Waals surface area contributed by atoms with Gasteiger partial charge in [0.15, 0.2) is 5.13 Å². The number of nitrogens with zero attached hydrogens (tertiary/aromatic N) is 3. The summed E-state index contributed by atoms with van der Waals surface area (Å²) in [6, 6.07) is 8.06. The standard InChI is InChI=1S/C21H24N6O2S/c1-13(28)25-15-3-4-19-18(9-15)20(5-6-23-19)27-8-7-22-11-16(27)10-17-12-24-21(30-17)26-14(2)29/h3-6,9,12,16,22H,7-8,10-11H2,1-2H3,(H,25,28)(H,24,26,29). The number of anilines is 3. The lowest BCUT2D eigenvalue weighted by molar-refractivity contribution is -0.115. The second kappa shape index (κ2) is 8.76. The van der Waals surface area contributed by atoms with Crippen molar-refractivity contribution in [2.45, 2.75) is 26.3 Å². The van der Waals surface area contributed by atoms with Crippen molar-refractivity contribution in [3.05, 3.63) is 41.5 Å². The minimum absolute atomic E-state index is 0.0972. The van der Waals surface area contributed by atoms with Crippen LogP contribution in [0.5, 0.6) is 0 Å². The number of piperazine rings is 1. The first kappa shape index (κ1) is 20.2. The Morgan fingerprint density at radius 2 is 2.03 bits per heavy atom. The molecule has 0 bridgehead atoms. The van der Waals surface area contributed by atoms with Gasteiger partial charge in [-0.1, -0.05) is 0 Å². The SMILES string of the molecule is CC(=O)Nc1ccc2nccc(N3CCNCC3Cc3cnc(NC(C)=O)s3)c2c1. The smallest absolute Gasteiger partial charge is 0.223 e. The minimum Gasteiger partial charge on any atom is -0.365 e. The number of amides is 2. The van der Waals surface area contributed by atoms with Crippen LogP contribution < -0.4 is 20.9 Å². The van der Waals surface area contributed by atoms with E-state index in [1.165, 1.54) is 25.2 Å². The largest absolute Gasteiger partial charge is 0.365 e. The fourth-order valence-electron chi connectivity index (χ4n) is 3.77. The summed E-state index contributed by atoms with van der Waals surface area (Å²) in [5, 5.41) is 10.7. The Morgan fingerprint density at radius 3 is 2.83 bits per heavy atom. The Kier molecular flexibility index (Phi) is 5.91. The molecule has 2 amide bonds. The molecular formula is C21H24N6O2S. The third-order valence-electron chi connectivity index (χ3n) is 4.97. The van der Waals surface area contributed by atoms with Gasteiger partial charge in [-0.05, 0) is 24.3 Å². The number of hydrogen-bond donors (Lipinski definition) is 3. The first-order valence-corrected chi connectivity index (χ1v) is 10.7. The van der Waals surface area contributed by atoms with Crippen LogP contribution in [0.1, 0.15) is 18.7 Å². The number of fused-ring (bicyclic) bond motifs is 1. The summed E-state index contributed by atoms with van der Waals surface area (Å²) in [4.78, 5) is 35.1. The number of rotatable bonds is 5. The topological polar surface area (TPSA) is 99.2 Å². The Balaban J connectivity index is 1.63. The second-order valence-electron chi connectivity index (χ2n) is 7.31. The van der Waals surface area contributed by atoms with Crippen molar-refractivity contribution < 1.29 is 9.59 Å². The minimum atomic E-state index is -0.116. The molecule has 1 saturated heterocycles. The van der Waals surface area contributed by atoms with E-state index in [1.807, 2.05) is 36.7 Å². The Morgan fingerprint density at radius 1 is 1.20 bits per heavy atom. The number of benzene rings is 1. The van der Waals surface area contributed by atoms with E-state index in [2.05, 4.69) is 30.8 Å². The number of pyridine rings is 1. The first-order chi connectivity index (χ1) is 14.5. The number of aromatic nitrogens is 2. The molecule has 0 radical (unpaired) electrons. The van der Waals surface area contributed by atoms with Crippen LogP contribution in [-0.4, -0.2) is 47.5 Å². The predicted octanol–water partition coefficient (Wildman–Crippen LogP) is 2.63. The van der Waals surface area contributed by atoms with Crippen LogP contribution in [0.15, 0.2) is 36.7 Å². The van der Waals surface area contributed by atoms with Crippen LogP contribution in [0.4, 0.5) is 16.5 Å². The van der Waals surface area contributed by atoms with Gasteiger partial charge in [-0.2, -0.15) is 0 Å². The van der Waals surface area contributed by atoms with Crippen LogP contribution in [0.2, 0.25) is 0 Å². The highest BCUT2D eigenvalue weighted by molar-refractivity contribution is 7.15. The molecule has 3 N–H and O–H groups in total. The Bertz CT molecular complexity index is 1080. The molecular weight excluding hydrogens is 400 g/mol. The number of carbonyl (C=O) groups excluding carboxylic acids is 2. The van der Waals surface area contributed by atoms with Gasteiger partial charge in [0.25, 0.3) is 0 Å². The molecule has 1 aromatic carbocycles. The zero-order chi connectivity index (χ0) is 21.1. The molecule has 2 aromatic heterocycles. The molecule has 1 unspecified atom stereocenters. The van der Waals surface area contributed by atoms with E-state index in [0.717, 1.165) is 53.2 Å². The van der Waals surface area contributed by atoms with Crippen LogP contribution in [-0.2, 0) is 16.0 Å². The molecule has 0 spiro atoms. The van der Waals surface area contributed by atoms with E-state index in [4.69, 9.17) is 0 Å². The molecule has 4 rings (SSSR count). The molecule has 1 fully saturated rings. The van der Waals surface area contributed by atoms with Gasteiger partial charge in [0.05, 0.1) is 5.52 Å². The fourth-order valence-corrected chi connectivity index (χ4v) is 4.70. The first-order valence-electron chi connectivity index (χ1n) is 9.85. The highest BCUT2D eigenvalue weighted by Gasteiger charge is 2.25. The van der Waals surface area contributed by atoms with Crippen LogP contribution in [0.25, 0.3) is 10.9 Å². The van der Waals surface area contributed by atoms with Crippen molar-refractivity contribution in [1.29, 1.82) is 0 Å². The predicted molar refractivity (Wildman–Crippen MR) is 120 cm³/mol. The average molecular weight is 425 g/mol. The van der Waals surface area contributed by atoms with Gasteiger partial charge in [0.1, 0.15) is 0 Å². The summed E-state index contributed by atoms with van der Waals surface area (Å²) >= 11 is 1.51. The molecule has 1 aliphatic rings. The van der Waals surface area contributed by atoms with E-state index in [9.17, 15) is 9.59 Å². The zero-order valence-electron chi connectivity index (χ0n) is 16.9. The molecule has 9 heteroatoms. The maximum atomic E-state index is 11.5. The van der Waals surface area contributed by atoms with E-state index in [0.29, 0.717) is 5.13 Å². The van der Waals surface area contributed by atoms with Gasteiger partial charge in [0.2, 0.25) is 11.8 Å². The van der Waals surface area contributed by atoms with Crippen molar-refractivity contribution in [2.24, 2.45) is 0 Å². The van der Waals surface area contributed by atoms with Gasteiger partial charge in [-0.3, -0.25) is 14.6 Å². The zero-order valence-corrected chi connectivity index (χ0v) is 17.8. The monoisotopic (exact) mass is 424 g/mol. The van der Waals surface area contributed by atoms with Crippen molar-refractivity contribution in [3.8, 4) is 0 Å². The molecule has 8 nitrogen and oxygen atoms in total. The third kappa shape index (κ3) is 4.58. The molecule has 1 aliphatic heterocycles. The highest BCUT2D eigenvalue weighted by Crippen LogP contribution is 2.31. The third-order valence-corrected chi connectivity index (χ3v) is 5.91. The van der Waals surface area contributed by atoms with Gasteiger partial charge < -0.3 is 20.9 Å². The molecule has 3 aromatic rings. The summed E-state index contributed by atoms with van der Waals surface area (Å²) in [6.45, 7) is 5.60.